The Bertz CT molecular complexity index is 235. The molecule has 1 rings (SSSR count). The zero-order valence-corrected chi connectivity index (χ0v) is 10.1. The fourth-order valence-corrected chi connectivity index (χ4v) is 2.63. The third-order valence-corrected chi connectivity index (χ3v) is 3.37. The van der Waals surface area contributed by atoms with Gasteiger partial charge in [-0.2, -0.15) is 0 Å². The maximum absolute atomic E-state index is 10.7. The van der Waals surface area contributed by atoms with E-state index in [2.05, 4.69) is 17.3 Å². The van der Waals surface area contributed by atoms with E-state index in [1.165, 1.54) is 6.42 Å². The van der Waals surface area contributed by atoms with E-state index in [4.69, 9.17) is 10.8 Å². The summed E-state index contributed by atoms with van der Waals surface area (Å²) >= 11 is 0. The number of hydrogen-bond acceptors (Lipinski definition) is 4. The second-order valence-corrected chi connectivity index (χ2v) is 4.74. The third kappa shape index (κ3) is 3.73. The highest BCUT2D eigenvalue weighted by Gasteiger charge is 2.29. The fraction of sp³-hybridized carbons (Fsp3) is 0.909. The minimum absolute atomic E-state index is 0.0335. The number of rotatable bonds is 5. The van der Waals surface area contributed by atoms with Gasteiger partial charge < -0.3 is 21.1 Å². The average Bonchev–Trinajstić information content (AvgIpc) is 2.17. The topological polar surface area (TPSA) is 78.6 Å². The van der Waals surface area contributed by atoms with Crippen molar-refractivity contribution in [3.05, 3.63) is 0 Å². The summed E-state index contributed by atoms with van der Waals surface area (Å²) in [4.78, 5) is 12.9. The summed E-state index contributed by atoms with van der Waals surface area (Å²) in [6, 6.07) is -0.210. The molecule has 0 aromatic heterocycles. The molecule has 0 bridgehead atoms. The summed E-state index contributed by atoms with van der Waals surface area (Å²) in [5.74, 6) is -0.366. The summed E-state index contributed by atoms with van der Waals surface area (Å²) in [5, 5.41) is 11.9. The molecule has 3 atom stereocenters. The van der Waals surface area contributed by atoms with E-state index >= 15 is 0 Å². The molecule has 1 heterocycles. The van der Waals surface area contributed by atoms with Crippen LogP contribution in [-0.2, 0) is 4.79 Å². The molecule has 0 radical (unpaired) electrons. The van der Waals surface area contributed by atoms with Crippen molar-refractivity contribution in [2.24, 2.45) is 11.7 Å². The van der Waals surface area contributed by atoms with E-state index in [9.17, 15) is 4.79 Å². The normalized spacial score (nSPS) is 26.3. The van der Waals surface area contributed by atoms with Crippen molar-refractivity contribution in [2.45, 2.75) is 31.3 Å². The number of carboxylic acid groups (broad SMARTS) is 1. The molecule has 0 amide bonds. The van der Waals surface area contributed by atoms with Crippen LogP contribution in [0.25, 0.3) is 0 Å². The Morgan fingerprint density at radius 3 is 2.88 bits per heavy atom. The van der Waals surface area contributed by atoms with Gasteiger partial charge in [-0.3, -0.25) is 4.79 Å². The molecule has 0 aliphatic carbocycles. The molecule has 1 saturated heterocycles. The number of carboxylic acids is 1. The molecule has 0 saturated carbocycles. The van der Waals surface area contributed by atoms with Crippen LogP contribution in [0, 0.1) is 5.92 Å². The van der Waals surface area contributed by atoms with Gasteiger partial charge >= 0.3 is 5.97 Å². The largest absolute Gasteiger partial charge is 0.481 e. The van der Waals surface area contributed by atoms with Crippen molar-refractivity contribution >= 4 is 5.97 Å². The average molecular weight is 229 g/mol. The highest BCUT2D eigenvalue weighted by atomic mass is 16.4. The molecule has 1 fully saturated rings. The van der Waals surface area contributed by atoms with Crippen LogP contribution in [0.3, 0.4) is 0 Å². The van der Waals surface area contributed by atoms with E-state index in [1.54, 1.807) is 0 Å². The molecule has 94 valence electrons. The number of nitrogens with two attached hydrogens (primary N) is 1. The van der Waals surface area contributed by atoms with E-state index in [1.807, 2.05) is 7.05 Å². The number of piperidine rings is 1. The third-order valence-electron chi connectivity index (χ3n) is 3.37. The van der Waals surface area contributed by atoms with Gasteiger partial charge in [0.2, 0.25) is 0 Å². The zero-order valence-electron chi connectivity index (χ0n) is 10.1. The molecule has 4 N–H and O–H groups in total. The first-order valence-electron chi connectivity index (χ1n) is 5.87. The van der Waals surface area contributed by atoms with Crippen LogP contribution in [0.1, 0.15) is 19.3 Å². The number of aliphatic carboxylic acids is 1. The van der Waals surface area contributed by atoms with Crippen LogP contribution in [-0.4, -0.2) is 55.2 Å². The molecule has 5 heteroatoms. The number of hydrogen-bond donors (Lipinski definition) is 3. The first kappa shape index (κ1) is 13.4. The molecule has 1 aliphatic heterocycles. The standard InChI is InChI=1S/C11H23N3O2/c1-13-11(9(12)6-10(15)16)8-4-3-5-14(2)7-8/h8-9,11,13H,3-7,12H2,1-2H3,(H,15,16). The maximum Gasteiger partial charge on any atom is 0.304 e. The summed E-state index contributed by atoms with van der Waals surface area (Å²) in [5.41, 5.74) is 5.94. The number of likely N-dealkylation sites (tertiary alicyclic amines) is 1. The lowest BCUT2D eigenvalue weighted by Crippen LogP contribution is -2.53. The second kappa shape index (κ2) is 6.18. The molecular weight excluding hydrogens is 206 g/mol. The summed E-state index contributed by atoms with van der Waals surface area (Å²) in [6.45, 7) is 2.12. The number of likely N-dealkylation sites (N-methyl/N-ethyl adjacent to an activating group) is 1. The van der Waals surface area contributed by atoms with Gasteiger partial charge in [-0.1, -0.05) is 0 Å². The first-order valence-corrected chi connectivity index (χ1v) is 5.87. The number of carbonyl (C=O) groups is 1. The van der Waals surface area contributed by atoms with E-state index in [-0.39, 0.29) is 18.5 Å². The highest BCUT2D eigenvalue weighted by molar-refractivity contribution is 5.67. The Morgan fingerprint density at radius 1 is 1.69 bits per heavy atom. The van der Waals surface area contributed by atoms with Gasteiger partial charge in [-0.15, -0.1) is 0 Å². The Morgan fingerprint density at radius 2 is 2.38 bits per heavy atom. The van der Waals surface area contributed by atoms with E-state index in [0.29, 0.717) is 5.92 Å². The van der Waals surface area contributed by atoms with Crippen molar-refractivity contribution in [2.75, 3.05) is 27.2 Å². The number of nitrogens with one attached hydrogen (secondary N) is 1. The Hall–Kier alpha value is -0.650. The van der Waals surface area contributed by atoms with Gasteiger partial charge in [-0.25, -0.2) is 0 Å². The predicted octanol–water partition coefficient (Wildman–Crippen LogP) is -0.282. The van der Waals surface area contributed by atoms with Gasteiger partial charge in [0, 0.05) is 18.6 Å². The fourth-order valence-electron chi connectivity index (χ4n) is 2.63. The summed E-state index contributed by atoms with van der Waals surface area (Å²) in [7, 11) is 3.96. The maximum atomic E-state index is 10.7. The monoisotopic (exact) mass is 229 g/mol. The SMILES string of the molecule is CNC(C(N)CC(=O)O)C1CCCN(C)C1. The molecule has 1 aliphatic rings. The molecule has 0 spiro atoms. The van der Waals surface area contributed by atoms with Crippen LogP contribution >= 0.6 is 0 Å². The van der Waals surface area contributed by atoms with Gasteiger partial charge in [0.25, 0.3) is 0 Å². The Kier molecular flexibility index (Phi) is 5.18. The predicted molar refractivity (Wildman–Crippen MR) is 63.3 cm³/mol. The molecule has 0 aromatic rings. The first-order chi connectivity index (χ1) is 7.54. The smallest absolute Gasteiger partial charge is 0.304 e. The zero-order chi connectivity index (χ0) is 12.1. The lowest BCUT2D eigenvalue weighted by Gasteiger charge is -2.37. The van der Waals surface area contributed by atoms with E-state index in [0.717, 1.165) is 19.5 Å². The van der Waals surface area contributed by atoms with Crippen LogP contribution in [0.4, 0.5) is 0 Å². The minimum atomic E-state index is -0.822. The van der Waals surface area contributed by atoms with Crippen molar-refractivity contribution in [3.63, 3.8) is 0 Å². The van der Waals surface area contributed by atoms with Crippen molar-refractivity contribution in [1.29, 1.82) is 0 Å². The van der Waals surface area contributed by atoms with Crippen LogP contribution in [0.15, 0.2) is 0 Å². The highest BCUT2D eigenvalue weighted by Crippen LogP contribution is 2.20. The van der Waals surface area contributed by atoms with Crippen molar-refractivity contribution in [1.82, 2.24) is 10.2 Å². The van der Waals surface area contributed by atoms with Crippen LogP contribution < -0.4 is 11.1 Å². The van der Waals surface area contributed by atoms with Gasteiger partial charge in [0.1, 0.15) is 0 Å². The van der Waals surface area contributed by atoms with Gasteiger partial charge in [0.15, 0.2) is 0 Å². The van der Waals surface area contributed by atoms with Crippen LogP contribution in [0.5, 0.6) is 0 Å². The van der Waals surface area contributed by atoms with Crippen molar-refractivity contribution < 1.29 is 9.90 Å². The summed E-state index contributed by atoms with van der Waals surface area (Å²) < 4.78 is 0. The van der Waals surface area contributed by atoms with Crippen molar-refractivity contribution in [3.8, 4) is 0 Å². The summed E-state index contributed by atoms with van der Waals surface area (Å²) in [6.07, 6.45) is 2.33. The molecule has 5 nitrogen and oxygen atoms in total. The lowest BCUT2D eigenvalue weighted by molar-refractivity contribution is -0.137. The quantitative estimate of drug-likeness (QED) is 0.604. The Balaban J connectivity index is 2.54. The Labute approximate surface area is 97.0 Å². The molecule has 3 unspecified atom stereocenters. The van der Waals surface area contributed by atoms with Gasteiger partial charge in [-0.05, 0) is 39.4 Å². The second-order valence-electron chi connectivity index (χ2n) is 4.74. The lowest BCUT2D eigenvalue weighted by atomic mass is 9.86. The van der Waals surface area contributed by atoms with E-state index < -0.39 is 5.97 Å². The van der Waals surface area contributed by atoms with Crippen LogP contribution in [0.2, 0.25) is 0 Å². The molecular formula is C11H23N3O2. The molecule has 0 aromatic carbocycles. The van der Waals surface area contributed by atoms with Gasteiger partial charge in [0.05, 0.1) is 6.42 Å². The number of nitrogens with zero attached hydrogens (tertiary/aromatic N) is 1. The minimum Gasteiger partial charge on any atom is -0.481 e. The molecule has 16 heavy (non-hydrogen) atoms.